The molecule has 0 saturated heterocycles. The van der Waals surface area contributed by atoms with Gasteiger partial charge in [-0.25, -0.2) is 0 Å². The van der Waals surface area contributed by atoms with Crippen LogP contribution in [0.1, 0.15) is 46.0 Å². The maximum atomic E-state index is 10.5. The molecular weight excluding hydrogens is 192 g/mol. The predicted molar refractivity (Wildman–Crippen MR) is 60.6 cm³/mol. The van der Waals surface area contributed by atoms with E-state index in [1.165, 1.54) is 26.2 Å². The summed E-state index contributed by atoms with van der Waals surface area (Å²) in [5.41, 5.74) is 0.965. The summed E-state index contributed by atoms with van der Waals surface area (Å²) in [6.45, 7) is 3.89. The minimum absolute atomic E-state index is 0.0629. The molecule has 0 spiro atoms. The Bertz CT molecular complexity index is 197. The number of aliphatic hydroxyl groups is 1. The second-order valence-electron chi connectivity index (χ2n) is 3.63. The first kappa shape index (κ1) is 14.2. The Kier molecular flexibility index (Phi) is 9.18. The molecule has 0 fully saturated rings. The van der Waals surface area contributed by atoms with Crippen molar-refractivity contribution in [1.82, 2.24) is 0 Å². The van der Waals surface area contributed by atoms with Crippen LogP contribution in [0.5, 0.6) is 0 Å². The highest BCUT2D eigenvalue weighted by atomic mass is 16.5. The van der Waals surface area contributed by atoms with Crippen LogP contribution in [0.3, 0.4) is 0 Å². The van der Waals surface area contributed by atoms with Crippen LogP contribution in [0, 0.1) is 0 Å². The first-order valence-corrected chi connectivity index (χ1v) is 5.62. The average Bonchev–Trinajstić information content (AvgIpc) is 2.21. The lowest BCUT2D eigenvalue weighted by molar-refractivity contribution is -0.139. The Morgan fingerprint density at radius 2 is 2.07 bits per heavy atom. The van der Waals surface area contributed by atoms with Gasteiger partial charge in [0.2, 0.25) is 0 Å². The lowest BCUT2D eigenvalue weighted by Gasteiger charge is -2.04. The molecule has 0 aromatic carbocycles. The van der Waals surface area contributed by atoms with Gasteiger partial charge in [-0.2, -0.15) is 0 Å². The molecule has 3 nitrogen and oxygen atoms in total. The van der Waals surface area contributed by atoms with Gasteiger partial charge in [0, 0.05) is 6.92 Å². The molecule has 0 radical (unpaired) electrons. The van der Waals surface area contributed by atoms with Gasteiger partial charge in [0.25, 0.3) is 0 Å². The van der Waals surface area contributed by atoms with E-state index in [0.717, 1.165) is 18.4 Å². The Morgan fingerprint density at radius 3 is 2.60 bits per heavy atom. The van der Waals surface area contributed by atoms with Crippen LogP contribution in [0.25, 0.3) is 0 Å². The summed E-state index contributed by atoms with van der Waals surface area (Å²) in [7, 11) is 0. The van der Waals surface area contributed by atoms with Crippen LogP contribution in [0.4, 0.5) is 0 Å². The molecule has 0 aromatic rings. The van der Waals surface area contributed by atoms with E-state index in [1.807, 2.05) is 0 Å². The highest BCUT2D eigenvalue weighted by molar-refractivity contribution is 5.66. The van der Waals surface area contributed by atoms with Crippen LogP contribution in [0.2, 0.25) is 0 Å². The van der Waals surface area contributed by atoms with Crippen molar-refractivity contribution in [3.63, 3.8) is 0 Å². The quantitative estimate of drug-likeness (QED) is 0.383. The van der Waals surface area contributed by atoms with Gasteiger partial charge in [-0.05, 0) is 24.5 Å². The number of rotatable bonds is 8. The van der Waals surface area contributed by atoms with Gasteiger partial charge in [0.15, 0.2) is 0 Å². The lowest BCUT2D eigenvalue weighted by atomic mass is 10.1. The van der Waals surface area contributed by atoms with Crippen LogP contribution < -0.4 is 0 Å². The number of carbonyl (C=O) groups excluding carboxylic acids is 1. The van der Waals surface area contributed by atoms with Gasteiger partial charge in [-0.15, -0.1) is 0 Å². The Labute approximate surface area is 92.1 Å². The zero-order valence-electron chi connectivity index (χ0n) is 9.79. The monoisotopic (exact) mass is 214 g/mol. The molecule has 0 saturated carbocycles. The third kappa shape index (κ3) is 9.47. The highest BCUT2D eigenvalue weighted by Crippen LogP contribution is 2.09. The first-order valence-electron chi connectivity index (χ1n) is 5.62. The van der Waals surface area contributed by atoms with Crippen molar-refractivity contribution < 1.29 is 14.6 Å². The number of hydrogen-bond acceptors (Lipinski definition) is 3. The largest absolute Gasteiger partial charge is 0.462 e. The van der Waals surface area contributed by atoms with E-state index < -0.39 is 0 Å². The van der Waals surface area contributed by atoms with Crippen molar-refractivity contribution in [2.45, 2.75) is 46.0 Å². The van der Waals surface area contributed by atoms with Gasteiger partial charge in [0.05, 0.1) is 6.61 Å². The smallest absolute Gasteiger partial charge is 0.302 e. The van der Waals surface area contributed by atoms with E-state index in [2.05, 4.69) is 6.92 Å². The van der Waals surface area contributed by atoms with Crippen LogP contribution >= 0.6 is 0 Å². The molecule has 0 atom stereocenters. The zero-order chi connectivity index (χ0) is 11.5. The molecule has 1 N–H and O–H groups in total. The average molecular weight is 214 g/mol. The predicted octanol–water partition coefficient (Wildman–Crippen LogP) is 2.44. The third-order valence-electron chi connectivity index (χ3n) is 2.21. The lowest BCUT2D eigenvalue weighted by Crippen LogP contribution is -2.00. The summed E-state index contributed by atoms with van der Waals surface area (Å²) in [6, 6.07) is 0. The number of esters is 1. The summed E-state index contributed by atoms with van der Waals surface area (Å²) in [4.78, 5) is 10.5. The van der Waals surface area contributed by atoms with Gasteiger partial charge < -0.3 is 9.84 Å². The molecule has 0 amide bonds. The van der Waals surface area contributed by atoms with E-state index in [1.54, 1.807) is 6.08 Å². The van der Waals surface area contributed by atoms with Crippen molar-refractivity contribution in [3.05, 3.63) is 11.6 Å². The molecule has 88 valence electrons. The number of ether oxygens (including phenoxy) is 1. The minimum Gasteiger partial charge on any atom is -0.462 e. The van der Waals surface area contributed by atoms with Crippen molar-refractivity contribution in [1.29, 1.82) is 0 Å². The molecule has 0 aliphatic carbocycles. The summed E-state index contributed by atoms with van der Waals surface area (Å²) in [6.07, 6.45) is 7.45. The maximum absolute atomic E-state index is 10.5. The summed E-state index contributed by atoms with van der Waals surface area (Å²) in [5, 5.41) is 9.04. The summed E-state index contributed by atoms with van der Waals surface area (Å²) in [5.74, 6) is -0.283. The fourth-order valence-corrected chi connectivity index (χ4v) is 1.30. The van der Waals surface area contributed by atoms with E-state index >= 15 is 0 Å². The van der Waals surface area contributed by atoms with Gasteiger partial charge in [-0.3, -0.25) is 4.79 Å². The Balaban J connectivity index is 3.65. The van der Waals surface area contributed by atoms with Crippen molar-refractivity contribution >= 4 is 5.97 Å². The second kappa shape index (κ2) is 9.71. The summed E-state index contributed by atoms with van der Waals surface area (Å²) >= 11 is 0. The van der Waals surface area contributed by atoms with E-state index in [-0.39, 0.29) is 19.2 Å². The maximum Gasteiger partial charge on any atom is 0.302 e. The molecular formula is C12H22O3. The second-order valence-corrected chi connectivity index (χ2v) is 3.63. The third-order valence-corrected chi connectivity index (χ3v) is 2.21. The number of carbonyl (C=O) groups is 1. The molecule has 0 aliphatic heterocycles. The summed E-state index contributed by atoms with van der Waals surface area (Å²) < 4.78 is 4.78. The molecule has 15 heavy (non-hydrogen) atoms. The molecule has 0 aromatic heterocycles. The van der Waals surface area contributed by atoms with Crippen molar-refractivity contribution in [3.8, 4) is 0 Å². The van der Waals surface area contributed by atoms with Crippen LogP contribution in [-0.2, 0) is 9.53 Å². The number of hydrogen-bond donors (Lipinski definition) is 1. The van der Waals surface area contributed by atoms with Crippen molar-refractivity contribution in [2.24, 2.45) is 0 Å². The zero-order valence-corrected chi connectivity index (χ0v) is 9.79. The molecule has 0 rings (SSSR count). The van der Waals surface area contributed by atoms with Gasteiger partial charge >= 0.3 is 5.97 Å². The normalized spacial score (nSPS) is 11.5. The molecule has 0 bridgehead atoms. The Hall–Kier alpha value is -0.830. The fraction of sp³-hybridized carbons (Fsp3) is 0.750. The van der Waals surface area contributed by atoms with Crippen molar-refractivity contribution in [2.75, 3.05) is 13.2 Å². The number of aliphatic hydroxyl groups excluding tert-OH is 1. The van der Waals surface area contributed by atoms with Gasteiger partial charge in [-0.1, -0.05) is 26.2 Å². The highest BCUT2D eigenvalue weighted by Gasteiger charge is 1.97. The van der Waals surface area contributed by atoms with E-state index in [0.29, 0.717) is 0 Å². The minimum atomic E-state index is -0.283. The molecule has 0 aliphatic rings. The SMILES string of the molecule is CCCCCC/C(=C/COC(C)=O)CO. The Morgan fingerprint density at radius 1 is 1.33 bits per heavy atom. The number of unbranched alkanes of at least 4 members (excludes halogenated alkanes) is 3. The van der Waals surface area contributed by atoms with E-state index in [4.69, 9.17) is 9.84 Å². The molecule has 0 unspecified atom stereocenters. The molecule has 0 heterocycles. The fourth-order valence-electron chi connectivity index (χ4n) is 1.30. The van der Waals surface area contributed by atoms with E-state index in [9.17, 15) is 4.79 Å². The standard InChI is InChI=1S/C12H22O3/c1-3-4-5-6-7-12(10-13)8-9-15-11(2)14/h8,13H,3-7,9-10H2,1-2H3/b12-8-. The first-order chi connectivity index (χ1) is 7.20. The topological polar surface area (TPSA) is 46.5 Å². The van der Waals surface area contributed by atoms with Gasteiger partial charge in [0.1, 0.15) is 6.61 Å². The van der Waals surface area contributed by atoms with Crippen LogP contribution in [-0.4, -0.2) is 24.3 Å². The van der Waals surface area contributed by atoms with Crippen LogP contribution in [0.15, 0.2) is 11.6 Å². The molecule has 3 heteroatoms.